The molecule has 1 unspecified atom stereocenters. The number of ether oxygens (including phenoxy) is 1. The lowest BCUT2D eigenvalue weighted by atomic mass is 9.90. The number of aryl methyl sites for hydroxylation is 2. The van der Waals surface area contributed by atoms with E-state index in [9.17, 15) is 14.0 Å². The molecule has 7 nitrogen and oxygen atoms in total. The summed E-state index contributed by atoms with van der Waals surface area (Å²) in [4.78, 5) is 35.6. The molecule has 3 heterocycles. The molecule has 0 bridgehead atoms. The van der Waals surface area contributed by atoms with E-state index in [2.05, 4.69) is 15.3 Å². The number of esters is 1. The molecule has 5 rings (SSSR count). The lowest BCUT2D eigenvalue weighted by molar-refractivity contribution is -0.148. The van der Waals surface area contributed by atoms with E-state index in [1.165, 1.54) is 28.6 Å². The topological polar surface area (TPSA) is 107 Å². The first kappa shape index (κ1) is 18.9. The molecule has 0 fully saturated rings. The number of anilines is 2. The third-order valence-electron chi connectivity index (χ3n) is 5.57. The minimum atomic E-state index is -0.801. The molecule has 0 spiro atoms. The van der Waals surface area contributed by atoms with Crippen LogP contribution in [0.15, 0.2) is 18.2 Å². The van der Waals surface area contributed by atoms with Crippen LogP contribution >= 0.6 is 11.3 Å². The van der Waals surface area contributed by atoms with Crippen LogP contribution in [0.1, 0.15) is 47.0 Å². The summed E-state index contributed by atoms with van der Waals surface area (Å²) in [5, 5.41) is 3.51. The van der Waals surface area contributed by atoms with Gasteiger partial charge in [0.15, 0.2) is 12.4 Å². The summed E-state index contributed by atoms with van der Waals surface area (Å²) in [5.74, 6) is -1.50. The van der Waals surface area contributed by atoms with Crippen molar-refractivity contribution in [3.63, 3.8) is 0 Å². The van der Waals surface area contributed by atoms with Gasteiger partial charge in [0.2, 0.25) is 5.91 Å². The molecule has 30 heavy (non-hydrogen) atoms. The molecular weight excluding hydrogens is 407 g/mol. The average Bonchev–Trinajstić information content (AvgIpc) is 3.10. The zero-order chi connectivity index (χ0) is 20.8. The number of fused-ring (bicyclic) bond motifs is 4. The van der Waals surface area contributed by atoms with Crippen molar-refractivity contribution in [3.05, 3.63) is 45.8 Å². The summed E-state index contributed by atoms with van der Waals surface area (Å²) in [6.07, 6.45) is 4.26. The van der Waals surface area contributed by atoms with Crippen LogP contribution in [0.3, 0.4) is 0 Å². The number of rotatable bonds is 3. The SMILES string of the molecule is Nc1nc(COC(=O)C2CC(=O)Nc3cc(F)ccc32)nc2sc3c(c12)CCCC3. The Hall–Kier alpha value is -3.07. The predicted octanol–water partition coefficient (Wildman–Crippen LogP) is 3.46. The number of carbonyl (C=O) groups excluding carboxylic acids is 2. The molecule has 0 radical (unpaired) electrons. The van der Waals surface area contributed by atoms with Gasteiger partial charge in [-0.2, -0.15) is 0 Å². The van der Waals surface area contributed by atoms with E-state index in [0.717, 1.165) is 35.9 Å². The van der Waals surface area contributed by atoms with E-state index in [1.807, 2.05) is 0 Å². The van der Waals surface area contributed by atoms with Gasteiger partial charge in [-0.15, -0.1) is 11.3 Å². The molecule has 0 saturated carbocycles. The molecule has 1 aliphatic heterocycles. The predicted molar refractivity (Wildman–Crippen MR) is 111 cm³/mol. The quantitative estimate of drug-likeness (QED) is 0.621. The second-order valence-electron chi connectivity index (χ2n) is 7.56. The maximum absolute atomic E-state index is 13.5. The van der Waals surface area contributed by atoms with Crippen molar-refractivity contribution in [2.45, 2.75) is 44.6 Å². The third kappa shape index (κ3) is 3.28. The molecule has 0 saturated heterocycles. The van der Waals surface area contributed by atoms with Gasteiger partial charge in [-0.25, -0.2) is 14.4 Å². The number of carbonyl (C=O) groups is 2. The maximum atomic E-state index is 13.5. The van der Waals surface area contributed by atoms with Crippen LogP contribution in [-0.2, 0) is 33.8 Å². The fourth-order valence-corrected chi connectivity index (χ4v) is 5.47. The summed E-state index contributed by atoms with van der Waals surface area (Å²) in [5.41, 5.74) is 8.27. The van der Waals surface area contributed by atoms with E-state index < -0.39 is 17.7 Å². The molecule has 154 valence electrons. The first-order valence-corrected chi connectivity index (χ1v) is 10.6. The molecule has 3 N–H and O–H groups in total. The number of nitrogen functional groups attached to an aromatic ring is 1. The summed E-state index contributed by atoms with van der Waals surface area (Å²) in [6, 6.07) is 3.95. The van der Waals surface area contributed by atoms with Gasteiger partial charge in [-0.3, -0.25) is 9.59 Å². The van der Waals surface area contributed by atoms with Crippen LogP contribution in [0.5, 0.6) is 0 Å². The zero-order valence-corrected chi connectivity index (χ0v) is 16.9. The van der Waals surface area contributed by atoms with Crippen LogP contribution in [0.25, 0.3) is 10.2 Å². The van der Waals surface area contributed by atoms with Crippen molar-refractivity contribution in [2.24, 2.45) is 0 Å². The number of thiophene rings is 1. The van der Waals surface area contributed by atoms with Crippen LogP contribution in [0.4, 0.5) is 15.9 Å². The minimum Gasteiger partial charge on any atom is -0.457 e. The number of nitrogens with zero attached hydrogens (tertiary/aromatic N) is 2. The Kier molecular flexibility index (Phi) is 4.62. The maximum Gasteiger partial charge on any atom is 0.314 e. The van der Waals surface area contributed by atoms with Gasteiger partial charge in [0.25, 0.3) is 0 Å². The van der Waals surface area contributed by atoms with Crippen molar-refractivity contribution in [1.29, 1.82) is 0 Å². The Morgan fingerprint density at radius 2 is 2.13 bits per heavy atom. The molecule has 2 aliphatic rings. The Morgan fingerprint density at radius 1 is 1.30 bits per heavy atom. The molecule has 2 aromatic heterocycles. The number of amides is 1. The van der Waals surface area contributed by atoms with Crippen LogP contribution < -0.4 is 11.1 Å². The van der Waals surface area contributed by atoms with Crippen molar-refractivity contribution >= 4 is 44.9 Å². The highest BCUT2D eigenvalue weighted by Gasteiger charge is 2.32. The summed E-state index contributed by atoms with van der Waals surface area (Å²) < 4.78 is 18.9. The van der Waals surface area contributed by atoms with Gasteiger partial charge in [-0.05, 0) is 48.9 Å². The van der Waals surface area contributed by atoms with E-state index in [0.29, 0.717) is 22.9 Å². The van der Waals surface area contributed by atoms with Crippen molar-refractivity contribution < 1.29 is 18.7 Å². The highest BCUT2D eigenvalue weighted by atomic mass is 32.1. The molecule has 1 amide bonds. The van der Waals surface area contributed by atoms with E-state index in [4.69, 9.17) is 10.5 Å². The number of aromatic nitrogens is 2. The monoisotopic (exact) mass is 426 g/mol. The lowest BCUT2D eigenvalue weighted by Gasteiger charge is -2.24. The summed E-state index contributed by atoms with van der Waals surface area (Å²) in [7, 11) is 0. The number of hydrogen-bond acceptors (Lipinski definition) is 7. The van der Waals surface area contributed by atoms with Crippen molar-refractivity contribution in [1.82, 2.24) is 9.97 Å². The Morgan fingerprint density at radius 3 is 3.00 bits per heavy atom. The Balaban J connectivity index is 1.37. The van der Waals surface area contributed by atoms with Crippen molar-refractivity contribution in [2.75, 3.05) is 11.1 Å². The smallest absolute Gasteiger partial charge is 0.314 e. The minimum absolute atomic E-state index is 0.0584. The molecule has 1 aliphatic carbocycles. The first-order valence-electron chi connectivity index (χ1n) is 9.82. The zero-order valence-electron chi connectivity index (χ0n) is 16.0. The molecule has 9 heteroatoms. The molecule has 3 aromatic rings. The summed E-state index contributed by atoms with van der Waals surface area (Å²) >= 11 is 1.62. The molecule has 1 aromatic carbocycles. The summed E-state index contributed by atoms with van der Waals surface area (Å²) in [6.45, 7) is -0.143. The van der Waals surface area contributed by atoms with Crippen LogP contribution in [0, 0.1) is 5.82 Å². The van der Waals surface area contributed by atoms with Gasteiger partial charge >= 0.3 is 5.97 Å². The van der Waals surface area contributed by atoms with E-state index in [-0.39, 0.29) is 18.9 Å². The fourth-order valence-electron chi connectivity index (χ4n) is 4.18. The van der Waals surface area contributed by atoms with Crippen LogP contribution in [0.2, 0.25) is 0 Å². The number of halogens is 1. The number of benzene rings is 1. The van der Waals surface area contributed by atoms with Gasteiger partial charge in [0.1, 0.15) is 16.5 Å². The number of hydrogen-bond donors (Lipinski definition) is 2. The standard InChI is InChI=1S/C21H19FN4O3S/c22-10-5-6-11-13(8-17(27)24-14(11)7-10)21(28)29-9-16-25-19(23)18-12-3-1-2-4-15(12)30-20(18)26-16/h5-7,13H,1-4,8-9H2,(H,24,27)(H2,23,25,26). The van der Waals surface area contributed by atoms with Gasteiger partial charge in [-0.1, -0.05) is 6.07 Å². The molecule has 1 atom stereocenters. The van der Waals surface area contributed by atoms with E-state index in [1.54, 1.807) is 11.3 Å². The normalized spacial score (nSPS) is 17.9. The fraction of sp³-hybridized carbons (Fsp3) is 0.333. The Labute approximate surface area is 175 Å². The number of nitrogens with two attached hydrogens (primary N) is 1. The largest absolute Gasteiger partial charge is 0.457 e. The number of nitrogens with one attached hydrogen (secondary N) is 1. The second kappa shape index (κ2) is 7.32. The highest BCUT2D eigenvalue weighted by molar-refractivity contribution is 7.19. The Bertz CT molecular complexity index is 1190. The van der Waals surface area contributed by atoms with Crippen LogP contribution in [-0.4, -0.2) is 21.8 Å². The van der Waals surface area contributed by atoms with E-state index >= 15 is 0 Å². The first-order chi connectivity index (χ1) is 14.5. The van der Waals surface area contributed by atoms with Gasteiger partial charge in [0, 0.05) is 17.0 Å². The molecular formula is C21H19FN4O3S. The third-order valence-corrected chi connectivity index (χ3v) is 6.76. The van der Waals surface area contributed by atoms with Gasteiger partial charge < -0.3 is 15.8 Å². The van der Waals surface area contributed by atoms with Gasteiger partial charge in [0.05, 0.1) is 11.3 Å². The second-order valence-corrected chi connectivity index (χ2v) is 8.64. The highest BCUT2D eigenvalue weighted by Crippen LogP contribution is 2.38. The lowest BCUT2D eigenvalue weighted by Crippen LogP contribution is -2.28. The average molecular weight is 426 g/mol. The van der Waals surface area contributed by atoms with Crippen molar-refractivity contribution in [3.8, 4) is 0 Å².